The van der Waals surface area contributed by atoms with Crippen molar-refractivity contribution in [1.82, 2.24) is 25.4 Å². The van der Waals surface area contributed by atoms with E-state index in [0.717, 1.165) is 35.5 Å². The van der Waals surface area contributed by atoms with Crippen molar-refractivity contribution < 1.29 is 14.3 Å². The van der Waals surface area contributed by atoms with Gasteiger partial charge >= 0.3 is 0 Å². The Hall–Kier alpha value is -3.68. The van der Waals surface area contributed by atoms with Crippen LogP contribution in [0.4, 0.5) is 0 Å². The molecule has 0 aliphatic heterocycles. The number of hydrogen-bond donors (Lipinski definition) is 2. The number of carbonyl (C=O) groups is 2. The first-order valence-electron chi connectivity index (χ1n) is 11.0. The van der Waals surface area contributed by atoms with Crippen LogP contribution in [0.1, 0.15) is 54.3 Å². The van der Waals surface area contributed by atoms with Crippen LogP contribution in [0.2, 0.25) is 0 Å². The third kappa shape index (κ3) is 5.22. The molecule has 1 unspecified atom stereocenters. The molecule has 0 bridgehead atoms. The highest BCUT2D eigenvalue weighted by Gasteiger charge is 2.36. The smallest absolute Gasteiger partial charge is 0.252 e. The summed E-state index contributed by atoms with van der Waals surface area (Å²) in [5.41, 5.74) is 3.58. The van der Waals surface area contributed by atoms with E-state index < -0.39 is 0 Å². The molecule has 33 heavy (non-hydrogen) atoms. The van der Waals surface area contributed by atoms with Crippen LogP contribution >= 0.6 is 0 Å². The lowest BCUT2D eigenvalue weighted by Crippen LogP contribution is -2.38. The molecule has 8 heteroatoms. The maximum Gasteiger partial charge on any atom is 0.252 e. The number of rotatable bonds is 7. The van der Waals surface area contributed by atoms with E-state index in [9.17, 15) is 9.59 Å². The van der Waals surface area contributed by atoms with Gasteiger partial charge in [0.1, 0.15) is 5.75 Å². The van der Waals surface area contributed by atoms with E-state index in [1.165, 1.54) is 6.20 Å². The van der Waals surface area contributed by atoms with Gasteiger partial charge in [-0.25, -0.2) is 4.68 Å². The summed E-state index contributed by atoms with van der Waals surface area (Å²) in [4.78, 5) is 28.8. The van der Waals surface area contributed by atoms with E-state index in [4.69, 9.17) is 4.74 Å². The highest BCUT2D eigenvalue weighted by atomic mass is 16.5. The second-order valence-corrected chi connectivity index (χ2v) is 9.07. The summed E-state index contributed by atoms with van der Waals surface area (Å²) in [6.45, 7) is 4.66. The third-order valence-electron chi connectivity index (χ3n) is 5.89. The van der Waals surface area contributed by atoms with Crippen LogP contribution in [0.25, 0.3) is 5.69 Å². The second-order valence-electron chi connectivity index (χ2n) is 9.07. The molecule has 0 saturated heterocycles. The molecule has 4 rings (SSSR count). The number of methoxy groups -OCH3 is 1. The number of benzene rings is 1. The predicted molar refractivity (Wildman–Crippen MR) is 124 cm³/mol. The minimum absolute atomic E-state index is 0.00370. The second kappa shape index (κ2) is 9.44. The Bertz CT molecular complexity index is 1120. The van der Waals surface area contributed by atoms with Crippen molar-refractivity contribution in [2.75, 3.05) is 13.7 Å². The highest BCUT2D eigenvalue weighted by Crippen LogP contribution is 2.41. The number of ether oxygens (including phenoxy) is 1. The highest BCUT2D eigenvalue weighted by molar-refractivity contribution is 5.94. The molecule has 8 nitrogen and oxygen atoms in total. The minimum atomic E-state index is -0.238. The first-order valence-corrected chi connectivity index (χ1v) is 11.0. The van der Waals surface area contributed by atoms with Gasteiger partial charge in [0.25, 0.3) is 5.91 Å². The Balaban J connectivity index is 1.43. The Labute approximate surface area is 193 Å². The van der Waals surface area contributed by atoms with Gasteiger partial charge in [-0.3, -0.25) is 14.6 Å². The molecule has 1 aliphatic rings. The summed E-state index contributed by atoms with van der Waals surface area (Å²) in [5.74, 6) is 0.450. The van der Waals surface area contributed by atoms with Gasteiger partial charge in [-0.1, -0.05) is 13.8 Å². The summed E-state index contributed by atoms with van der Waals surface area (Å²) < 4.78 is 7.21. The summed E-state index contributed by atoms with van der Waals surface area (Å²) >= 11 is 0. The number of aromatic nitrogens is 3. The quantitative estimate of drug-likeness (QED) is 0.580. The maximum absolute atomic E-state index is 12.7. The van der Waals surface area contributed by atoms with Gasteiger partial charge in [0.2, 0.25) is 5.91 Å². The normalized spacial score (nSPS) is 16.5. The topological polar surface area (TPSA) is 98.1 Å². The standard InChI is InChI=1S/C25H29N5O3/c1-25(2)13-21(29-23(31)10-12-27-24(32)17-5-4-11-26-15-17)20-16-28-30(22(20)14-25)18-6-8-19(33-3)9-7-18/h4-9,11,15-16,21H,10,12-14H2,1-3H3,(H,27,32)(H,29,31). The molecular formula is C25H29N5O3. The summed E-state index contributed by atoms with van der Waals surface area (Å²) in [7, 11) is 1.64. The molecule has 1 aromatic carbocycles. The van der Waals surface area contributed by atoms with Gasteiger partial charge in [0, 0.05) is 30.9 Å². The van der Waals surface area contributed by atoms with Gasteiger partial charge < -0.3 is 15.4 Å². The summed E-state index contributed by atoms with van der Waals surface area (Å²) in [6, 6.07) is 11.0. The third-order valence-corrected chi connectivity index (χ3v) is 5.89. The molecule has 2 N–H and O–H groups in total. The molecule has 0 radical (unpaired) electrons. The number of fused-ring (bicyclic) bond motifs is 1. The minimum Gasteiger partial charge on any atom is -0.497 e. The molecule has 2 heterocycles. The van der Waals surface area contributed by atoms with Crippen molar-refractivity contribution in [3.63, 3.8) is 0 Å². The fraction of sp³-hybridized carbons (Fsp3) is 0.360. The van der Waals surface area contributed by atoms with E-state index in [0.29, 0.717) is 5.56 Å². The molecule has 0 saturated carbocycles. The molecule has 3 aromatic rings. The average Bonchev–Trinajstić information content (AvgIpc) is 3.22. The van der Waals surface area contributed by atoms with Crippen molar-refractivity contribution in [2.24, 2.45) is 5.41 Å². The molecule has 1 atom stereocenters. The van der Waals surface area contributed by atoms with Crippen LogP contribution in [0.15, 0.2) is 55.0 Å². The lowest BCUT2D eigenvalue weighted by Gasteiger charge is -2.36. The van der Waals surface area contributed by atoms with Gasteiger partial charge in [-0.15, -0.1) is 0 Å². The zero-order valence-corrected chi connectivity index (χ0v) is 19.2. The van der Waals surface area contributed by atoms with Gasteiger partial charge in [0.05, 0.1) is 36.3 Å². The Morgan fingerprint density at radius 1 is 1.18 bits per heavy atom. The molecule has 1 aliphatic carbocycles. The first-order chi connectivity index (χ1) is 15.9. The van der Waals surface area contributed by atoms with Crippen LogP contribution < -0.4 is 15.4 Å². The monoisotopic (exact) mass is 447 g/mol. The molecule has 0 spiro atoms. The van der Waals surface area contributed by atoms with Gasteiger partial charge in [-0.05, 0) is 54.7 Å². The van der Waals surface area contributed by atoms with Crippen molar-refractivity contribution in [1.29, 1.82) is 0 Å². The van der Waals surface area contributed by atoms with Crippen LogP contribution in [0.3, 0.4) is 0 Å². The van der Waals surface area contributed by atoms with Gasteiger partial charge in [0.15, 0.2) is 0 Å². The fourth-order valence-electron chi connectivity index (χ4n) is 4.27. The Morgan fingerprint density at radius 2 is 1.97 bits per heavy atom. The summed E-state index contributed by atoms with van der Waals surface area (Å²) in [5, 5.41) is 10.5. The lowest BCUT2D eigenvalue weighted by molar-refractivity contribution is -0.122. The van der Waals surface area contributed by atoms with E-state index >= 15 is 0 Å². The summed E-state index contributed by atoms with van der Waals surface area (Å²) in [6.07, 6.45) is 6.85. The Morgan fingerprint density at radius 3 is 2.67 bits per heavy atom. The van der Waals surface area contributed by atoms with Crippen molar-refractivity contribution in [3.05, 3.63) is 71.8 Å². The Kier molecular flexibility index (Phi) is 6.44. The van der Waals surface area contributed by atoms with Crippen LogP contribution in [-0.2, 0) is 11.2 Å². The number of nitrogens with one attached hydrogen (secondary N) is 2. The van der Waals surface area contributed by atoms with E-state index in [2.05, 4.69) is 34.6 Å². The van der Waals surface area contributed by atoms with Crippen LogP contribution in [0, 0.1) is 5.41 Å². The number of amides is 2. The van der Waals surface area contributed by atoms with Crippen LogP contribution in [0.5, 0.6) is 5.75 Å². The molecule has 172 valence electrons. The largest absolute Gasteiger partial charge is 0.497 e. The van der Waals surface area contributed by atoms with E-state index in [1.807, 2.05) is 35.1 Å². The molecule has 2 amide bonds. The molecule has 2 aromatic heterocycles. The SMILES string of the molecule is COc1ccc(-n2ncc3c2CC(C)(C)CC3NC(=O)CCNC(=O)c2cccnc2)cc1. The molecular weight excluding hydrogens is 418 g/mol. The number of carbonyl (C=O) groups excluding carboxylic acids is 2. The van der Waals surface area contributed by atoms with E-state index in [1.54, 1.807) is 25.4 Å². The van der Waals surface area contributed by atoms with Crippen molar-refractivity contribution >= 4 is 11.8 Å². The van der Waals surface area contributed by atoms with Crippen molar-refractivity contribution in [2.45, 2.75) is 39.2 Å². The zero-order valence-electron chi connectivity index (χ0n) is 19.2. The predicted octanol–water partition coefficient (Wildman–Crippen LogP) is 3.23. The lowest BCUT2D eigenvalue weighted by atomic mass is 9.74. The number of nitrogens with zero attached hydrogens (tertiary/aromatic N) is 3. The number of pyridine rings is 1. The van der Waals surface area contributed by atoms with Crippen LogP contribution in [-0.4, -0.2) is 40.2 Å². The van der Waals surface area contributed by atoms with Gasteiger partial charge in [-0.2, -0.15) is 5.10 Å². The number of hydrogen-bond acceptors (Lipinski definition) is 5. The van der Waals surface area contributed by atoms with E-state index in [-0.39, 0.29) is 36.2 Å². The fourth-order valence-corrected chi connectivity index (χ4v) is 4.27. The zero-order chi connectivity index (χ0) is 23.4. The first kappa shape index (κ1) is 22.5. The maximum atomic E-state index is 12.7. The average molecular weight is 448 g/mol. The molecule has 0 fully saturated rings. The van der Waals surface area contributed by atoms with Crippen molar-refractivity contribution in [3.8, 4) is 11.4 Å².